The van der Waals surface area contributed by atoms with Crippen LogP contribution in [-0.4, -0.2) is 23.8 Å². The number of aliphatic hydroxyl groups excluding tert-OH is 1. The van der Waals surface area contributed by atoms with Crippen molar-refractivity contribution in [1.82, 2.24) is 0 Å². The van der Waals surface area contributed by atoms with Gasteiger partial charge in [-0.05, 0) is 26.2 Å². The number of hydrogen-bond donors (Lipinski definition) is 1. The third-order valence-electron chi connectivity index (χ3n) is 3.14. The van der Waals surface area contributed by atoms with Gasteiger partial charge < -0.3 is 9.84 Å². The average Bonchev–Trinajstić information content (AvgIpc) is 2.36. The zero-order chi connectivity index (χ0) is 14.5. The fourth-order valence-corrected chi connectivity index (χ4v) is 1.95. The molecule has 0 radical (unpaired) electrons. The van der Waals surface area contributed by atoms with Crippen molar-refractivity contribution in [2.75, 3.05) is 6.61 Å². The summed E-state index contributed by atoms with van der Waals surface area (Å²) in [5.41, 5.74) is 0.464. The van der Waals surface area contributed by atoms with Crippen molar-refractivity contribution < 1.29 is 14.6 Å². The highest BCUT2D eigenvalue weighted by Gasteiger charge is 2.03. The van der Waals surface area contributed by atoms with Crippen LogP contribution in [0.4, 0.5) is 0 Å². The molecule has 19 heavy (non-hydrogen) atoms. The molecule has 0 rings (SSSR count). The van der Waals surface area contributed by atoms with Gasteiger partial charge in [0.2, 0.25) is 0 Å². The molecule has 3 nitrogen and oxygen atoms in total. The molecule has 0 aromatic carbocycles. The van der Waals surface area contributed by atoms with Crippen LogP contribution >= 0.6 is 0 Å². The van der Waals surface area contributed by atoms with E-state index >= 15 is 0 Å². The van der Waals surface area contributed by atoms with Crippen molar-refractivity contribution >= 4 is 5.97 Å². The van der Waals surface area contributed by atoms with E-state index in [1.165, 1.54) is 19.3 Å². The number of carbonyl (C=O) groups is 1. The van der Waals surface area contributed by atoms with E-state index in [4.69, 9.17) is 4.74 Å². The Morgan fingerprint density at radius 3 is 2.26 bits per heavy atom. The van der Waals surface area contributed by atoms with E-state index in [1.807, 2.05) is 0 Å². The third kappa shape index (κ3) is 12.0. The largest absolute Gasteiger partial charge is 0.462 e. The predicted octanol–water partition coefficient (Wildman–Crippen LogP) is 4.00. The van der Waals surface area contributed by atoms with E-state index in [2.05, 4.69) is 13.5 Å². The first-order valence-electron chi connectivity index (χ1n) is 7.58. The molecular formula is C16H30O3. The lowest BCUT2D eigenvalue weighted by Gasteiger charge is -2.08. The molecule has 0 aromatic rings. The molecule has 1 atom stereocenters. The van der Waals surface area contributed by atoms with Gasteiger partial charge in [-0.25, -0.2) is 4.79 Å². The lowest BCUT2D eigenvalue weighted by atomic mass is 10.0. The van der Waals surface area contributed by atoms with Gasteiger partial charge in [0.25, 0.3) is 0 Å². The average molecular weight is 270 g/mol. The summed E-state index contributed by atoms with van der Waals surface area (Å²) in [7, 11) is 0. The maximum atomic E-state index is 11.1. The molecule has 0 aliphatic carbocycles. The number of carbonyl (C=O) groups excluding carboxylic acids is 1. The second-order valence-electron chi connectivity index (χ2n) is 5.27. The summed E-state index contributed by atoms with van der Waals surface area (Å²) < 4.78 is 5.02. The Bertz CT molecular complexity index is 248. The highest BCUT2D eigenvalue weighted by Crippen LogP contribution is 2.11. The van der Waals surface area contributed by atoms with E-state index < -0.39 is 0 Å². The summed E-state index contributed by atoms with van der Waals surface area (Å²) >= 11 is 0. The van der Waals surface area contributed by atoms with Crippen LogP contribution in [-0.2, 0) is 9.53 Å². The highest BCUT2D eigenvalue weighted by molar-refractivity contribution is 5.86. The molecule has 1 unspecified atom stereocenters. The molecule has 0 aliphatic heterocycles. The van der Waals surface area contributed by atoms with Gasteiger partial charge in [-0.1, -0.05) is 52.0 Å². The van der Waals surface area contributed by atoms with Gasteiger partial charge >= 0.3 is 5.97 Å². The van der Waals surface area contributed by atoms with Crippen LogP contribution in [0.1, 0.15) is 71.6 Å². The molecule has 0 spiro atoms. The van der Waals surface area contributed by atoms with E-state index in [0.717, 1.165) is 38.5 Å². The Kier molecular flexibility index (Phi) is 11.7. The topological polar surface area (TPSA) is 46.5 Å². The summed E-state index contributed by atoms with van der Waals surface area (Å²) in [6.07, 6.45) is 9.52. The van der Waals surface area contributed by atoms with Crippen molar-refractivity contribution in [3.63, 3.8) is 0 Å². The first-order valence-corrected chi connectivity index (χ1v) is 7.58. The quantitative estimate of drug-likeness (QED) is 0.331. The fourth-order valence-electron chi connectivity index (χ4n) is 1.95. The SMILES string of the molecule is C=C(C)C(=O)OCCCCCCCCC(O)CCC. The standard InChI is InChI=1S/C16H30O3/c1-4-11-15(17)12-9-7-5-6-8-10-13-19-16(18)14(2)3/h15,17H,2,4-13H2,1,3H3. The van der Waals surface area contributed by atoms with Gasteiger partial charge in [-0.2, -0.15) is 0 Å². The molecule has 0 heterocycles. The molecular weight excluding hydrogens is 240 g/mol. The molecule has 0 amide bonds. The van der Waals surface area contributed by atoms with E-state index in [0.29, 0.717) is 12.2 Å². The van der Waals surface area contributed by atoms with Gasteiger partial charge in [-0.3, -0.25) is 0 Å². The number of ether oxygens (including phenoxy) is 1. The second kappa shape index (κ2) is 12.2. The van der Waals surface area contributed by atoms with Gasteiger partial charge in [0.15, 0.2) is 0 Å². The second-order valence-corrected chi connectivity index (χ2v) is 5.27. The zero-order valence-corrected chi connectivity index (χ0v) is 12.6. The van der Waals surface area contributed by atoms with Crippen LogP contribution in [0.5, 0.6) is 0 Å². The van der Waals surface area contributed by atoms with E-state index in [1.54, 1.807) is 6.92 Å². The number of aliphatic hydroxyl groups is 1. The van der Waals surface area contributed by atoms with Crippen LogP contribution in [0.3, 0.4) is 0 Å². The molecule has 0 fully saturated rings. The molecule has 3 heteroatoms. The van der Waals surface area contributed by atoms with Crippen molar-refractivity contribution in [3.05, 3.63) is 12.2 Å². The van der Waals surface area contributed by atoms with Crippen LogP contribution in [0, 0.1) is 0 Å². The number of rotatable bonds is 12. The van der Waals surface area contributed by atoms with Crippen molar-refractivity contribution in [3.8, 4) is 0 Å². The normalized spacial score (nSPS) is 12.2. The third-order valence-corrected chi connectivity index (χ3v) is 3.14. The summed E-state index contributed by atoms with van der Waals surface area (Å²) in [5, 5.41) is 9.56. The molecule has 1 N–H and O–H groups in total. The first-order chi connectivity index (χ1) is 9.07. The minimum atomic E-state index is -0.287. The van der Waals surface area contributed by atoms with Crippen molar-refractivity contribution in [1.29, 1.82) is 0 Å². The maximum Gasteiger partial charge on any atom is 0.333 e. The van der Waals surface area contributed by atoms with Crippen molar-refractivity contribution in [2.45, 2.75) is 77.7 Å². The Balaban J connectivity index is 3.19. The first kappa shape index (κ1) is 18.2. The Labute approximate surface area is 118 Å². The van der Waals surface area contributed by atoms with Crippen LogP contribution in [0.15, 0.2) is 12.2 Å². The van der Waals surface area contributed by atoms with Crippen LogP contribution in [0.2, 0.25) is 0 Å². The Morgan fingerprint density at radius 2 is 1.68 bits per heavy atom. The summed E-state index contributed by atoms with van der Waals surface area (Å²) in [6, 6.07) is 0. The molecule has 112 valence electrons. The summed E-state index contributed by atoms with van der Waals surface area (Å²) in [6.45, 7) is 7.80. The molecule has 0 saturated heterocycles. The van der Waals surface area contributed by atoms with E-state index in [-0.39, 0.29) is 12.1 Å². The maximum absolute atomic E-state index is 11.1. The number of esters is 1. The van der Waals surface area contributed by atoms with Crippen LogP contribution in [0.25, 0.3) is 0 Å². The lowest BCUT2D eigenvalue weighted by Crippen LogP contribution is -2.06. The molecule has 0 bridgehead atoms. The fraction of sp³-hybridized carbons (Fsp3) is 0.812. The highest BCUT2D eigenvalue weighted by atomic mass is 16.5. The van der Waals surface area contributed by atoms with Gasteiger partial charge in [-0.15, -0.1) is 0 Å². The molecule has 0 aliphatic rings. The summed E-state index contributed by atoms with van der Waals surface area (Å²) in [5.74, 6) is -0.287. The minimum absolute atomic E-state index is 0.105. The van der Waals surface area contributed by atoms with Gasteiger partial charge in [0.1, 0.15) is 0 Å². The predicted molar refractivity (Wildman–Crippen MR) is 79.0 cm³/mol. The Morgan fingerprint density at radius 1 is 1.11 bits per heavy atom. The van der Waals surface area contributed by atoms with Gasteiger partial charge in [0, 0.05) is 5.57 Å². The van der Waals surface area contributed by atoms with Crippen molar-refractivity contribution in [2.24, 2.45) is 0 Å². The molecule has 0 aromatic heterocycles. The Hall–Kier alpha value is -0.830. The minimum Gasteiger partial charge on any atom is -0.462 e. The van der Waals surface area contributed by atoms with E-state index in [9.17, 15) is 9.90 Å². The molecule has 0 saturated carbocycles. The summed E-state index contributed by atoms with van der Waals surface area (Å²) in [4.78, 5) is 11.1. The van der Waals surface area contributed by atoms with Crippen LogP contribution < -0.4 is 0 Å². The van der Waals surface area contributed by atoms with Gasteiger partial charge in [0.05, 0.1) is 12.7 Å². The number of hydrogen-bond acceptors (Lipinski definition) is 3. The lowest BCUT2D eigenvalue weighted by molar-refractivity contribution is -0.139. The zero-order valence-electron chi connectivity index (χ0n) is 12.6. The monoisotopic (exact) mass is 270 g/mol. The number of unbranched alkanes of at least 4 members (excludes halogenated alkanes) is 5. The smallest absolute Gasteiger partial charge is 0.333 e.